The first-order valence-corrected chi connectivity index (χ1v) is 17.6. The van der Waals surface area contributed by atoms with Gasteiger partial charge in [-0.15, -0.1) is 5.10 Å². The highest BCUT2D eigenvalue weighted by atomic mass is 16.7. The molecule has 288 valence electrons. The minimum absolute atomic E-state index is 0.0611. The number of carbonyl (C=O) groups is 1. The van der Waals surface area contributed by atoms with Gasteiger partial charge in [-0.1, -0.05) is 59.8 Å². The zero-order valence-corrected chi connectivity index (χ0v) is 29.3. The number of hydrogen-bond donors (Lipinski definition) is 6. The average molecular weight is 757 g/mol. The van der Waals surface area contributed by atoms with Crippen molar-refractivity contribution in [1.82, 2.24) is 24.5 Å². The van der Waals surface area contributed by atoms with Gasteiger partial charge in [0, 0.05) is 42.6 Å². The smallest absolute Gasteiger partial charge is 0.330 e. The molecule has 4 heterocycles. The van der Waals surface area contributed by atoms with Crippen LogP contribution in [-0.2, 0) is 33.8 Å². The van der Waals surface area contributed by atoms with E-state index in [2.05, 4.69) is 15.3 Å². The summed E-state index contributed by atoms with van der Waals surface area (Å²) in [6.07, 6.45) is -9.04. The van der Waals surface area contributed by atoms with Gasteiger partial charge < -0.3 is 45.1 Å². The largest absolute Gasteiger partial charge is 0.489 e. The third kappa shape index (κ3) is 8.49. The fourth-order valence-corrected chi connectivity index (χ4v) is 6.55. The Hall–Kier alpha value is -5.37. The third-order valence-corrected chi connectivity index (χ3v) is 9.55. The summed E-state index contributed by atoms with van der Waals surface area (Å²) in [4.78, 5) is 38.8. The second-order valence-electron chi connectivity index (χ2n) is 13.4. The molecule has 7 N–H and O–H groups in total. The van der Waals surface area contributed by atoms with Crippen LogP contribution in [0.15, 0.2) is 107 Å². The van der Waals surface area contributed by atoms with E-state index in [1.165, 1.54) is 4.68 Å². The summed E-state index contributed by atoms with van der Waals surface area (Å²) in [6, 6.07) is 24.9. The van der Waals surface area contributed by atoms with E-state index in [9.17, 15) is 34.8 Å². The molecule has 0 amide bonds. The van der Waals surface area contributed by atoms with Gasteiger partial charge in [0.15, 0.2) is 18.3 Å². The molecule has 7 rings (SSSR count). The zero-order chi connectivity index (χ0) is 38.6. The normalized spacial score (nSPS) is 25.5. The number of aromatic nitrogens is 5. The van der Waals surface area contributed by atoms with Crippen molar-refractivity contribution in [3.05, 3.63) is 146 Å². The molecule has 0 spiro atoms. The first-order chi connectivity index (χ1) is 26.6. The van der Waals surface area contributed by atoms with Gasteiger partial charge in [0.2, 0.25) is 0 Å². The molecule has 0 radical (unpaired) electrons. The summed E-state index contributed by atoms with van der Waals surface area (Å²) < 4.78 is 25.9. The van der Waals surface area contributed by atoms with Crippen LogP contribution in [0.25, 0.3) is 0 Å². The lowest BCUT2D eigenvalue weighted by atomic mass is 10.0. The number of hydrogen-bond acceptors (Lipinski definition) is 14. The molecule has 17 heteroatoms. The van der Waals surface area contributed by atoms with Gasteiger partial charge in [0.1, 0.15) is 55.1 Å². The van der Waals surface area contributed by atoms with Crippen LogP contribution in [0.5, 0.6) is 5.75 Å². The van der Waals surface area contributed by atoms with Gasteiger partial charge in [-0.25, -0.2) is 9.48 Å². The van der Waals surface area contributed by atoms with Crippen LogP contribution in [0.2, 0.25) is 0 Å². The summed E-state index contributed by atoms with van der Waals surface area (Å²) in [7, 11) is 0. The number of benzene rings is 3. The van der Waals surface area contributed by atoms with E-state index in [0.717, 1.165) is 28.0 Å². The summed E-state index contributed by atoms with van der Waals surface area (Å²) in [5, 5.41) is 51.4. The number of nitrogens with two attached hydrogens (primary N) is 1. The predicted octanol–water partition coefficient (Wildman–Crippen LogP) is -0.361. The van der Waals surface area contributed by atoms with Crippen molar-refractivity contribution in [3.63, 3.8) is 0 Å². The van der Waals surface area contributed by atoms with E-state index in [1.807, 2.05) is 42.5 Å². The average Bonchev–Trinajstić information content (AvgIpc) is 3.85. The van der Waals surface area contributed by atoms with Crippen molar-refractivity contribution in [2.24, 2.45) is 5.73 Å². The van der Waals surface area contributed by atoms with Gasteiger partial charge in [-0.05, 0) is 35.4 Å². The first kappa shape index (κ1) is 37.9. The van der Waals surface area contributed by atoms with Crippen LogP contribution in [0.4, 0.5) is 0 Å². The summed E-state index contributed by atoms with van der Waals surface area (Å²) in [5.74, 6) is 0.567. The second-order valence-corrected chi connectivity index (χ2v) is 13.4. The van der Waals surface area contributed by atoms with Crippen LogP contribution in [-0.4, -0.2) is 106 Å². The Balaban J connectivity index is 0.995. The van der Waals surface area contributed by atoms with Crippen molar-refractivity contribution in [3.8, 4) is 5.75 Å². The Morgan fingerprint density at radius 2 is 1.56 bits per heavy atom. The van der Waals surface area contributed by atoms with E-state index in [4.69, 9.17) is 24.7 Å². The molecule has 2 aliphatic rings. The molecule has 5 aromatic rings. The predicted molar refractivity (Wildman–Crippen MR) is 192 cm³/mol. The maximum atomic E-state index is 12.7. The van der Waals surface area contributed by atoms with Gasteiger partial charge >= 0.3 is 5.69 Å². The number of ether oxygens (including phenoxy) is 4. The Bertz CT molecular complexity index is 2180. The number of ketones is 1. The Labute approximate surface area is 313 Å². The Kier molecular flexibility index (Phi) is 11.4. The van der Waals surface area contributed by atoms with Crippen molar-refractivity contribution >= 4 is 5.78 Å². The molecule has 0 saturated carbocycles. The molecule has 2 saturated heterocycles. The second kappa shape index (κ2) is 16.6. The van der Waals surface area contributed by atoms with Gasteiger partial charge in [-0.3, -0.25) is 19.1 Å². The molecular weight excluding hydrogens is 716 g/mol. The number of carbonyl (C=O) groups excluding carboxylic acids is 1. The molecule has 2 aliphatic heterocycles. The zero-order valence-electron chi connectivity index (χ0n) is 29.3. The molecule has 2 aromatic heterocycles. The van der Waals surface area contributed by atoms with Crippen molar-refractivity contribution in [2.45, 2.75) is 74.8 Å². The van der Waals surface area contributed by atoms with Crippen molar-refractivity contribution < 1.29 is 44.2 Å². The highest BCUT2D eigenvalue weighted by Gasteiger charge is 2.51. The summed E-state index contributed by atoms with van der Waals surface area (Å²) >= 11 is 0. The molecular formula is C38H40N6O11. The van der Waals surface area contributed by atoms with E-state index >= 15 is 0 Å². The maximum absolute atomic E-state index is 12.7. The number of H-pyrrole nitrogens is 1. The first-order valence-electron chi connectivity index (χ1n) is 17.6. The minimum Gasteiger partial charge on any atom is -0.489 e. The number of aliphatic hydroxyl groups is 4. The SMILES string of the molecule is NC[C@H]1O[C@@H](O[C@@H](Cn2cc(Cc3ccc(COc4ccc(C(=O)c5ccccc5)cc4)cc3)nn2)[C@H]2O[C@@H](n3ccc(=O)[nH]c3=O)[C@H](O)[C@@H]2O)[C@H](O)[C@@H]1O. The fraction of sp³-hybridized carbons (Fsp3) is 0.342. The van der Waals surface area contributed by atoms with Crippen LogP contribution in [0.1, 0.15) is 39.0 Å². The molecule has 2 fully saturated rings. The van der Waals surface area contributed by atoms with Crippen LogP contribution in [0.3, 0.4) is 0 Å². The van der Waals surface area contributed by atoms with Crippen LogP contribution in [0, 0.1) is 0 Å². The minimum atomic E-state index is -1.62. The molecule has 55 heavy (non-hydrogen) atoms. The lowest BCUT2D eigenvalue weighted by Gasteiger charge is -2.29. The number of nitrogens with zero attached hydrogens (tertiary/aromatic N) is 4. The maximum Gasteiger partial charge on any atom is 0.330 e. The monoisotopic (exact) mass is 756 g/mol. The Morgan fingerprint density at radius 3 is 2.25 bits per heavy atom. The van der Waals surface area contributed by atoms with Crippen LogP contribution < -0.4 is 21.7 Å². The van der Waals surface area contributed by atoms with Gasteiger partial charge in [0.25, 0.3) is 5.56 Å². The summed E-state index contributed by atoms with van der Waals surface area (Å²) in [6.45, 7) is 0.0876. The molecule has 9 atom stereocenters. The van der Waals surface area contributed by atoms with Crippen molar-refractivity contribution in [1.29, 1.82) is 0 Å². The number of nitrogens with one attached hydrogen (secondary N) is 1. The Morgan fingerprint density at radius 1 is 0.855 bits per heavy atom. The summed E-state index contributed by atoms with van der Waals surface area (Å²) in [5.41, 5.74) is 7.79. The molecule has 0 aliphatic carbocycles. The number of aliphatic hydroxyl groups excluding tert-OH is 4. The van der Waals surface area contributed by atoms with E-state index in [1.54, 1.807) is 42.6 Å². The third-order valence-electron chi connectivity index (χ3n) is 9.55. The standard InChI is InChI=1S/C38H40N6O11/c39-17-27-31(47)34(50)37(53-27)54-28(35-32(48)33(49)36(55-35)44-15-14-29(45)40-38(44)51)19-43-18-25(41-42-43)16-21-6-8-22(9-7-21)20-52-26-12-10-24(11-13-26)30(46)23-4-2-1-3-5-23/h1-15,18,27-28,31-37,47-50H,16-17,19-20,39H2,(H,40,45,51)/t27-,28+,31-,32+,33-,34-,35-,36-,37+/m1/s1. The number of aromatic amines is 1. The number of rotatable bonds is 14. The van der Waals surface area contributed by atoms with Gasteiger partial charge in [-0.2, -0.15) is 0 Å². The molecule has 0 unspecified atom stereocenters. The topological polar surface area (TPSA) is 246 Å². The van der Waals surface area contributed by atoms with Crippen molar-refractivity contribution in [2.75, 3.05) is 6.54 Å². The van der Waals surface area contributed by atoms with E-state index < -0.39 is 66.5 Å². The van der Waals surface area contributed by atoms with E-state index in [-0.39, 0.29) is 18.9 Å². The lowest BCUT2D eigenvalue weighted by Crippen LogP contribution is -2.46. The molecule has 17 nitrogen and oxygen atoms in total. The lowest BCUT2D eigenvalue weighted by molar-refractivity contribution is -0.223. The highest BCUT2D eigenvalue weighted by Crippen LogP contribution is 2.33. The van der Waals surface area contributed by atoms with E-state index in [0.29, 0.717) is 35.6 Å². The molecule has 3 aromatic carbocycles. The molecule has 0 bridgehead atoms. The highest BCUT2D eigenvalue weighted by molar-refractivity contribution is 6.08. The van der Waals surface area contributed by atoms with Gasteiger partial charge in [0.05, 0.1) is 12.2 Å². The quantitative estimate of drug-likeness (QED) is 0.0793. The fourth-order valence-electron chi connectivity index (χ4n) is 6.55. The van der Waals surface area contributed by atoms with Crippen LogP contribution >= 0.6 is 0 Å².